The topological polar surface area (TPSA) is 116 Å². The number of H-pyrrole nitrogens is 1. The van der Waals surface area contributed by atoms with Crippen molar-refractivity contribution in [1.29, 1.82) is 0 Å². The zero-order valence-electron chi connectivity index (χ0n) is 12.1. The van der Waals surface area contributed by atoms with Gasteiger partial charge in [0.2, 0.25) is 11.8 Å². The molecule has 2 aromatic rings. The summed E-state index contributed by atoms with van der Waals surface area (Å²) in [5.74, 6) is -0.942. The third-order valence-corrected chi connectivity index (χ3v) is 2.59. The number of aromatic nitrogens is 2. The van der Waals surface area contributed by atoms with Crippen LogP contribution in [0.15, 0.2) is 30.6 Å². The van der Waals surface area contributed by atoms with Crippen LogP contribution in [0, 0.1) is 0 Å². The van der Waals surface area contributed by atoms with E-state index in [1.165, 1.54) is 38.4 Å². The summed E-state index contributed by atoms with van der Waals surface area (Å²) >= 11 is 0. The Bertz CT molecular complexity index is 675. The number of carbonyl (C=O) groups is 3. The molecule has 0 aliphatic heterocycles. The van der Waals surface area contributed by atoms with E-state index < -0.39 is 0 Å². The van der Waals surface area contributed by atoms with Gasteiger partial charge in [0.25, 0.3) is 5.91 Å². The van der Waals surface area contributed by atoms with Crippen molar-refractivity contribution in [2.24, 2.45) is 0 Å². The van der Waals surface area contributed by atoms with Crippen LogP contribution in [0.3, 0.4) is 0 Å². The lowest BCUT2D eigenvalue weighted by molar-refractivity contribution is -0.115. The van der Waals surface area contributed by atoms with E-state index >= 15 is 0 Å². The van der Waals surface area contributed by atoms with Gasteiger partial charge in [-0.2, -0.15) is 5.10 Å². The first kappa shape index (κ1) is 15.2. The molecule has 2 rings (SSSR count). The number of aromatic amines is 1. The van der Waals surface area contributed by atoms with Crippen molar-refractivity contribution in [2.45, 2.75) is 13.8 Å². The average molecular weight is 301 g/mol. The molecule has 0 atom stereocenters. The summed E-state index contributed by atoms with van der Waals surface area (Å²) in [4.78, 5) is 34.6. The number of anilines is 3. The van der Waals surface area contributed by atoms with Crippen molar-refractivity contribution < 1.29 is 14.4 Å². The first-order chi connectivity index (χ1) is 10.4. The van der Waals surface area contributed by atoms with E-state index in [9.17, 15) is 14.4 Å². The number of hydrogen-bond acceptors (Lipinski definition) is 4. The van der Waals surface area contributed by atoms with Crippen LogP contribution in [-0.2, 0) is 9.59 Å². The molecule has 3 amide bonds. The van der Waals surface area contributed by atoms with Crippen LogP contribution in [0.1, 0.15) is 24.2 Å². The molecule has 22 heavy (non-hydrogen) atoms. The van der Waals surface area contributed by atoms with Crippen LogP contribution in [0.25, 0.3) is 0 Å². The van der Waals surface area contributed by atoms with Gasteiger partial charge in [-0.3, -0.25) is 19.5 Å². The molecule has 0 saturated heterocycles. The van der Waals surface area contributed by atoms with E-state index in [0.29, 0.717) is 17.1 Å². The van der Waals surface area contributed by atoms with Crippen LogP contribution >= 0.6 is 0 Å². The van der Waals surface area contributed by atoms with Gasteiger partial charge in [-0.25, -0.2) is 0 Å². The zero-order chi connectivity index (χ0) is 16.1. The number of hydrogen-bond donors (Lipinski definition) is 4. The molecule has 0 fully saturated rings. The van der Waals surface area contributed by atoms with E-state index in [1.54, 1.807) is 6.07 Å². The standard InChI is InChI=1S/C14H15N5O3/c1-8(20)17-11-3-10(4-12(5-11)18-9(2)21)14(22)19-13-6-15-16-7-13/h3-7H,1-2H3,(H,15,16)(H,17,20)(H,18,21)(H,19,22). The maximum Gasteiger partial charge on any atom is 0.255 e. The van der Waals surface area contributed by atoms with Crippen LogP contribution in [0.2, 0.25) is 0 Å². The number of amides is 3. The second-order valence-electron chi connectivity index (χ2n) is 4.60. The van der Waals surface area contributed by atoms with Crippen LogP contribution in [0.5, 0.6) is 0 Å². The highest BCUT2D eigenvalue weighted by atomic mass is 16.2. The lowest BCUT2D eigenvalue weighted by Crippen LogP contribution is -2.14. The van der Waals surface area contributed by atoms with Gasteiger partial charge in [0.1, 0.15) is 0 Å². The van der Waals surface area contributed by atoms with Gasteiger partial charge in [0.05, 0.1) is 11.9 Å². The van der Waals surface area contributed by atoms with Gasteiger partial charge < -0.3 is 16.0 Å². The molecule has 8 heteroatoms. The Morgan fingerprint density at radius 3 is 1.95 bits per heavy atom. The molecular formula is C14H15N5O3. The summed E-state index contributed by atoms with van der Waals surface area (Å²) in [5, 5.41) is 14.1. The highest BCUT2D eigenvalue weighted by molar-refractivity contribution is 6.06. The number of benzene rings is 1. The van der Waals surface area contributed by atoms with Crippen molar-refractivity contribution in [3.05, 3.63) is 36.2 Å². The Hall–Kier alpha value is -3.16. The molecule has 1 aromatic carbocycles. The molecule has 0 radical (unpaired) electrons. The van der Waals surface area contributed by atoms with Crippen molar-refractivity contribution in [2.75, 3.05) is 16.0 Å². The molecule has 1 aromatic heterocycles. The third-order valence-electron chi connectivity index (χ3n) is 2.59. The van der Waals surface area contributed by atoms with Crippen molar-refractivity contribution in [3.63, 3.8) is 0 Å². The Balaban J connectivity index is 2.29. The molecule has 0 unspecified atom stereocenters. The zero-order valence-corrected chi connectivity index (χ0v) is 12.1. The fraction of sp³-hybridized carbons (Fsp3) is 0.143. The smallest absolute Gasteiger partial charge is 0.255 e. The van der Waals surface area contributed by atoms with Crippen molar-refractivity contribution >= 4 is 34.8 Å². The van der Waals surface area contributed by atoms with Gasteiger partial charge >= 0.3 is 0 Å². The molecule has 1 heterocycles. The summed E-state index contributed by atoms with van der Waals surface area (Å²) in [7, 11) is 0. The predicted octanol–water partition coefficient (Wildman–Crippen LogP) is 1.58. The number of rotatable bonds is 4. The Labute approximate surface area is 126 Å². The number of nitrogens with one attached hydrogen (secondary N) is 4. The summed E-state index contributed by atoms with van der Waals surface area (Å²) in [6.45, 7) is 2.71. The van der Waals surface area contributed by atoms with Gasteiger partial charge in [0.15, 0.2) is 0 Å². The SMILES string of the molecule is CC(=O)Nc1cc(NC(C)=O)cc(C(=O)Nc2cn[nH]c2)c1. The first-order valence-corrected chi connectivity index (χ1v) is 6.44. The largest absolute Gasteiger partial charge is 0.326 e. The van der Waals surface area contributed by atoms with Gasteiger partial charge in [0, 0.05) is 37.0 Å². The maximum absolute atomic E-state index is 12.2. The summed E-state index contributed by atoms with van der Waals surface area (Å²) in [6, 6.07) is 4.60. The van der Waals surface area contributed by atoms with Gasteiger partial charge in [-0.05, 0) is 18.2 Å². The van der Waals surface area contributed by atoms with E-state index in [1.807, 2.05) is 0 Å². The van der Waals surface area contributed by atoms with Crippen LogP contribution < -0.4 is 16.0 Å². The highest BCUT2D eigenvalue weighted by Crippen LogP contribution is 2.20. The molecular weight excluding hydrogens is 286 g/mol. The summed E-state index contributed by atoms with van der Waals surface area (Å²) in [5.41, 5.74) is 1.62. The second-order valence-corrected chi connectivity index (χ2v) is 4.60. The molecule has 0 aliphatic rings. The lowest BCUT2D eigenvalue weighted by Gasteiger charge is -2.10. The summed E-state index contributed by atoms with van der Waals surface area (Å²) in [6.07, 6.45) is 2.99. The number of carbonyl (C=O) groups excluding carboxylic acids is 3. The molecule has 8 nitrogen and oxygen atoms in total. The second kappa shape index (κ2) is 6.53. The fourth-order valence-corrected chi connectivity index (χ4v) is 1.83. The molecule has 0 aliphatic carbocycles. The first-order valence-electron chi connectivity index (χ1n) is 6.44. The molecule has 0 saturated carbocycles. The monoisotopic (exact) mass is 301 g/mol. The highest BCUT2D eigenvalue weighted by Gasteiger charge is 2.11. The minimum Gasteiger partial charge on any atom is -0.326 e. The molecule has 0 spiro atoms. The Morgan fingerprint density at radius 2 is 1.50 bits per heavy atom. The quantitative estimate of drug-likeness (QED) is 0.686. The van der Waals surface area contributed by atoms with Crippen molar-refractivity contribution in [3.8, 4) is 0 Å². The normalized spacial score (nSPS) is 9.91. The fourth-order valence-electron chi connectivity index (χ4n) is 1.83. The van der Waals surface area contributed by atoms with Crippen molar-refractivity contribution in [1.82, 2.24) is 10.2 Å². The average Bonchev–Trinajstić information content (AvgIpc) is 2.89. The van der Waals surface area contributed by atoms with Gasteiger partial charge in [-0.15, -0.1) is 0 Å². The molecule has 4 N–H and O–H groups in total. The van der Waals surface area contributed by atoms with Crippen LogP contribution in [0.4, 0.5) is 17.1 Å². The minimum atomic E-state index is -0.389. The Kier molecular flexibility index (Phi) is 4.52. The van der Waals surface area contributed by atoms with E-state index in [0.717, 1.165) is 0 Å². The maximum atomic E-state index is 12.2. The van der Waals surface area contributed by atoms with E-state index in [2.05, 4.69) is 26.1 Å². The Morgan fingerprint density at radius 1 is 0.909 bits per heavy atom. The van der Waals surface area contributed by atoms with E-state index in [-0.39, 0.29) is 23.3 Å². The van der Waals surface area contributed by atoms with E-state index in [4.69, 9.17) is 0 Å². The van der Waals surface area contributed by atoms with Gasteiger partial charge in [-0.1, -0.05) is 0 Å². The molecule has 114 valence electrons. The lowest BCUT2D eigenvalue weighted by atomic mass is 10.1. The summed E-state index contributed by atoms with van der Waals surface area (Å²) < 4.78 is 0. The number of nitrogens with zero attached hydrogens (tertiary/aromatic N) is 1. The third kappa shape index (κ3) is 4.17. The predicted molar refractivity (Wildman–Crippen MR) is 81.6 cm³/mol. The minimum absolute atomic E-state index is 0.277. The van der Waals surface area contributed by atoms with Crippen LogP contribution in [-0.4, -0.2) is 27.9 Å². The molecule has 0 bridgehead atoms.